The van der Waals surface area contributed by atoms with Gasteiger partial charge in [0, 0.05) is 36.8 Å². The van der Waals surface area contributed by atoms with Crippen LogP contribution in [-0.4, -0.2) is 23.4 Å². The SMILES string of the molecule is CC(C)C(C)NC(=O)CCCNc1ccc([N+](=O)[O-])cc1. The van der Waals surface area contributed by atoms with Crippen molar-refractivity contribution in [3.05, 3.63) is 34.4 Å². The fourth-order valence-electron chi connectivity index (χ4n) is 1.68. The summed E-state index contributed by atoms with van der Waals surface area (Å²) in [7, 11) is 0. The first-order chi connectivity index (χ1) is 9.90. The lowest BCUT2D eigenvalue weighted by Crippen LogP contribution is -2.36. The van der Waals surface area contributed by atoms with E-state index in [1.165, 1.54) is 12.1 Å². The van der Waals surface area contributed by atoms with Gasteiger partial charge < -0.3 is 10.6 Å². The molecular formula is C15H23N3O3. The smallest absolute Gasteiger partial charge is 0.269 e. The lowest BCUT2D eigenvalue weighted by molar-refractivity contribution is -0.384. The van der Waals surface area contributed by atoms with E-state index in [-0.39, 0.29) is 17.6 Å². The Hall–Kier alpha value is -2.11. The van der Waals surface area contributed by atoms with Crippen LogP contribution in [-0.2, 0) is 4.79 Å². The first-order valence-electron chi connectivity index (χ1n) is 7.18. The second-order valence-corrected chi connectivity index (χ2v) is 5.43. The molecule has 0 aliphatic heterocycles. The van der Waals surface area contributed by atoms with Crippen molar-refractivity contribution in [2.24, 2.45) is 5.92 Å². The topological polar surface area (TPSA) is 84.3 Å². The highest BCUT2D eigenvalue weighted by atomic mass is 16.6. The van der Waals surface area contributed by atoms with Gasteiger partial charge in [-0.3, -0.25) is 14.9 Å². The Morgan fingerprint density at radius 1 is 1.24 bits per heavy atom. The van der Waals surface area contributed by atoms with E-state index < -0.39 is 4.92 Å². The van der Waals surface area contributed by atoms with Crippen LogP contribution in [0, 0.1) is 16.0 Å². The van der Waals surface area contributed by atoms with Gasteiger partial charge in [-0.15, -0.1) is 0 Å². The Kier molecular flexibility index (Phi) is 6.65. The molecule has 1 unspecified atom stereocenters. The number of amides is 1. The van der Waals surface area contributed by atoms with Crippen molar-refractivity contribution in [2.45, 2.75) is 39.7 Å². The fourth-order valence-corrected chi connectivity index (χ4v) is 1.68. The molecule has 1 rings (SSSR count). The van der Waals surface area contributed by atoms with Gasteiger partial charge in [-0.2, -0.15) is 0 Å². The van der Waals surface area contributed by atoms with Crippen LogP contribution in [0.15, 0.2) is 24.3 Å². The minimum absolute atomic E-state index is 0.0571. The molecule has 1 atom stereocenters. The average Bonchev–Trinajstić information content (AvgIpc) is 2.44. The van der Waals surface area contributed by atoms with Gasteiger partial charge in [0.25, 0.3) is 5.69 Å². The van der Waals surface area contributed by atoms with E-state index in [4.69, 9.17) is 0 Å². The molecule has 1 aromatic carbocycles. The number of rotatable bonds is 8. The van der Waals surface area contributed by atoms with Crippen molar-refractivity contribution in [1.29, 1.82) is 0 Å². The maximum atomic E-state index is 11.7. The van der Waals surface area contributed by atoms with Gasteiger partial charge in [0.15, 0.2) is 0 Å². The summed E-state index contributed by atoms with van der Waals surface area (Å²) in [6.07, 6.45) is 1.19. The van der Waals surface area contributed by atoms with Crippen molar-refractivity contribution in [3.63, 3.8) is 0 Å². The Balaban J connectivity index is 2.25. The number of anilines is 1. The van der Waals surface area contributed by atoms with Gasteiger partial charge in [-0.25, -0.2) is 0 Å². The van der Waals surface area contributed by atoms with E-state index >= 15 is 0 Å². The molecule has 6 heteroatoms. The maximum Gasteiger partial charge on any atom is 0.269 e. The summed E-state index contributed by atoms with van der Waals surface area (Å²) < 4.78 is 0. The van der Waals surface area contributed by atoms with Crippen molar-refractivity contribution >= 4 is 17.3 Å². The van der Waals surface area contributed by atoms with Gasteiger partial charge >= 0.3 is 0 Å². The molecule has 0 saturated carbocycles. The standard InChI is InChI=1S/C15H23N3O3/c1-11(2)12(3)17-15(19)5-4-10-16-13-6-8-14(9-7-13)18(20)21/h6-9,11-12,16H,4-5,10H2,1-3H3,(H,17,19). The number of carbonyl (C=O) groups is 1. The largest absolute Gasteiger partial charge is 0.385 e. The highest BCUT2D eigenvalue weighted by Gasteiger charge is 2.10. The molecule has 1 aromatic rings. The molecule has 0 fully saturated rings. The zero-order valence-corrected chi connectivity index (χ0v) is 12.8. The average molecular weight is 293 g/mol. The minimum atomic E-state index is -0.427. The summed E-state index contributed by atoms with van der Waals surface area (Å²) >= 11 is 0. The monoisotopic (exact) mass is 293 g/mol. The van der Waals surface area contributed by atoms with Crippen LogP contribution < -0.4 is 10.6 Å². The number of hydrogen-bond acceptors (Lipinski definition) is 4. The third-order valence-electron chi connectivity index (χ3n) is 3.38. The molecule has 0 saturated heterocycles. The van der Waals surface area contributed by atoms with Gasteiger partial charge in [-0.05, 0) is 31.4 Å². The molecule has 2 N–H and O–H groups in total. The predicted molar refractivity (Wildman–Crippen MR) is 83.3 cm³/mol. The van der Waals surface area contributed by atoms with Crippen LogP contribution in [0.2, 0.25) is 0 Å². The number of non-ortho nitro benzene ring substituents is 1. The number of nitrogens with zero attached hydrogens (tertiary/aromatic N) is 1. The van der Waals surface area contributed by atoms with Crippen molar-refractivity contribution in [2.75, 3.05) is 11.9 Å². The molecule has 0 aliphatic rings. The number of carbonyl (C=O) groups excluding carboxylic acids is 1. The molecule has 0 spiro atoms. The van der Waals surface area contributed by atoms with Crippen LogP contribution in [0.25, 0.3) is 0 Å². The third-order valence-corrected chi connectivity index (χ3v) is 3.38. The zero-order valence-electron chi connectivity index (χ0n) is 12.8. The summed E-state index contributed by atoms with van der Waals surface area (Å²) in [5.41, 5.74) is 0.888. The van der Waals surface area contributed by atoms with E-state index in [2.05, 4.69) is 24.5 Å². The van der Waals surface area contributed by atoms with Crippen LogP contribution >= 0.6 is 0 Å². The molecule has 0 aliphatic carbocycles. The molecule has 1 amide bonds. The second-order valence-electron chi connectivity index (χ2n) is 5.43. The normalized spacial score (nSPS) is 12.0. The highest BCUT2D eigenvalue weighted by Crippen LogP contribution is 2.15. The van der Waals surface area contributed by atoms with Crippen LogP contribution in [0.1, 0.15) is 33.6 Å². The molecule has 0 bridgehead atoms. The Morgan fingerprint density at radius 2 is 1.86 bits per heavy atom. The maximum absolute atomic E-state index is 11.7. The molecular weight excluding hydrogens is 270 g/mol. The van der Waals surface area contributed by atoms with E-state index in [9.17, 15) is 14.9 Å². The zero-order chi connectivity index (χ0) is 15.8. The summed E-state index contributed by atoms with van der Waals surface area (Å²) in [5.74, 6) is 0.480. The third kappa shape index (κ3) is 6.25. The predicted octanol–water partition coefficient (Wildman–Crippen LogP) is 2.95. The van der Waals surface area contributed by atoms with Crippen LogP contribution in [0.3, 0.4) is 0 Å². The lowest BCUT2D eigenvalue weighted by atomic mass is 10.1. The van der Waals surface area contributed by atoms with Crippen molar-refractivity contribution in [3.8, 4) is 0 Å². The molecule has 0 heterocycles. The number of benzene rings is 1. The minimum Gasteiger partial charge on any atom is -0.385 e. The summed E-state index contributed by atoms with van der Waals surface area (Å²) in [6, 6.07) is 6.43. The fraction of sp³-hybridized carbons (Fsp3) is 0.533. The molecule has 6 nitrogen and oxygen atoms in total. The van der Waals surface area contributed by atoms with Gasteiger partial charge in [0.2, 0.25) is 5.91 Å². The number of nitro benzene ring substituents is 1. The number of hydrogen-bond donors (Lipinski definition) is 2. The van der Waals surface area contributed by atoms with Gasteiger partial charge in [0.05, 0.1) is 4.92 Å². The van der Waals surface area contributed by atoms with E-state index in [0.29, 0.717) is 25.3 Å². The van der Waals surface area contributed by atoms with Crippen molar-refractivity contribution < 1.29 is 9.72 Å². The number of nitro groups is 1. The van der Waals surface area contributed by atoms with E-state index in [1.807, 2.05) is 6.92 Å². The summed E-state index contributed by atoms with van der Waals surface area (Å²) in [6.45, 7) is 6.79. The Bertz CT molecular complexity index is 472. The van der Waals surface area contributed by atoms with Gasteiger partial charge in [0.1, 0.15) is 0 Å². The number of nitrogens with one attached hydrogen (secondary N) is 2. The first-order valence-corrected chi connectivity index (χ1v) is 7.18. The Morgan fingerprint density at radius 3 is 2.38 bits per heavy atom. The molecule has 0 aromatic heterocycles. The second kappa shape index (κ2) is 8.24. The van der Waals surface area contributed by atoms with Crippen LogP contribution in [0.5, 0.6) is 0 Å². The molecule has 21 heavy (non-hydrogen) atoms. The van der Waals surface area contributed by atoms with E-state index in [0.717, 1.165) is 5.69 Å². The highest BCUT2D eigenvalue weighted by molar-refractivity contribution is 5.76. The van der Waals surface area contributed by atoms with Crippen LogP contribution in [0.4, 0.5) is 11.4 Å². The lowest BCUT2D eigenvalue weighted by Gasteiger charge is -2.17. The Labute approximate surface area is 125 Å². The quantitative estimate of drug-likeness (QED) is 0.438. The first kappa shape index (κ1) is 16.9. The molecule has 116 valence electrons. The van der Waals surface area contributed by atoms with Gasteiger partial charge in [-0.1, -0.05) is 13.8 Å². The van der Waals surface area contributed by atoms with Crippen molar-refractivity contribution in [1.82, 2.24) is 5.32 Å². The van der Waals surface area contributed by atoms with E-state index in [1.54, 1.807) is 12.1 Å². The molecule has 0 radical (unpaired) electrons. The summed E-state index contributed by atoms with van der Waals surface area (Å²) in [4.78, 5) is 21.8. The summed E-state index contributed by atoms with van der Waals surface area (Å²) in [5, 5.41) is 16.6.